The second-order valence-electron chi connectivity index (χ2n) is 5.99. The van der Waals surface area contributed by atoms with Crippen LogP contribution in [0, 0.1) is 0 Å². The molecule has 128 valence electrons. The number of imide groups is 3. The van der Waals surface area contributed by atoms with E-state index in [4.69, 9.17) is 5.73 Å². The molecule has 24 heavy (non-hydrogen) atoms. The van der Waals surface area contributed by atoms with Gasteiger partial charge < -0.3 is 5.73 Å². The first kappa shape index (κ1) is 17.8. The second-order valence-corrected chi connectivity index (χ2v) is 5.99. The molecule has 1 aromatic carbocycles. The topological polar surface area (TPSA) is 97.5 Å². The number of carbonyl (C=O) groups excluding carboxylic acids is 4. The van der Waals surface area contributed by atoms with E-state index in [1.807, 2.05) is 0 Å². The molecule has 0 saturated carbocycles. The summed E-state index contributed by atoms with van der Waals surface area (Å²) in [6.07, 6.45) is 5.68. The normalized spacial score (nSPS) is 17.2. The third-order valence-corrected chi connectivity index (χ3v) is 4.15. The Morgan fingerprint density at radius 3 is 1.62 bits per heavy atom. The Morgan fingerprint density at radius 2 is 1.17 bits per heavy atom. The maximum Gasteiger partial charge on any atom is 0.267 e. The highest BCUT2D eigenvalue weighted by Gasteiger charge is 2.28. The summed E-state index contributed by atoms with van der Waals surface area (Å²) >= 11 is 0. The molecule has 2 rings (SSSR count). The molecule has 6 heteroatoms. The fraction of sp³-hybridized carbons (Fsp3) is 0.444. The van der Waals surface area contributed by atoms with Gasteiger partial charge in [-0.2, -0.15) is 0 Å². The number of hydrogen-bond acceptors (Lipinski definition) is 4. The molecule has 0 aliphatic carbocycles. The van der Waals surface area contributed by atoms with Gasteiger partial charge in [0.1, 0.15) is 0 Å². The number of amides is 4. The van der Waals surface area contributed by atoms with E-state index in [1.165, 1.54) is 24.3 Å². The van der Waals surface area contributed by atoms with Gasteiger partial charge in [0.25, 0.3) is 5.91 Å². The third kappa shape index (κ3) is 4.50. The van der Waals surface area contributed by atoms with Gasteiger partial charge in [-0.05, 0) is 37.1 Å². The minimum atomic E-state index is -0.639. The van der Waals surface area contributed by atoms with E-state index in [0.717, 1.165) is 30.6 Å². The highest BCUT2D eigenvalue weighted by Crippen LogP contribution is 2.16. The molecule has 0 aromatic heterocycles. The molecule has 1 saturated heterocycles. The molecule has 0 bridgehead atoms. The van der Waals surface area contributed by atoms with Crippen molar-refractivity contribution in [1.82, 2.24) is 4.90 Å². The van der Waals surface area contributed by atoms with E-state index in [2.05, 4.69) is 0 Å². The molecule has 0 spiro atoms. The number of rotatable bonds is 2. The second kappa shape index (κ2) is 8.38. The monoisotopic (exact) mass is 330 g/mol. The maximum atomic E-state index is 12.6. The zero-order valence-corrected chi connectivity index (χ0v) is 13.6. The largest absolute Gasteiger partial charge is 0.366 e. The summed E-state index contributed by atoms with van der Waals surface area (Å²) in [6.45, 7) is 0. The van der Waals surface area contributed by atoms with Crippen LogP contribution in [-0.2, 0) is 9.59 Å². The Balaban J connectivity index is 2.22. The van der Waals surface area contributed by atoms with Crippen molar-refractivity contribution in [1.29, 1.82) is 0 Å². The quantitative estimate of drug-likeness (QED) is 0.842. The summed E-state index contributed by atoms with van der Waals surface area (Å²) < 4.78 is 0. The van der Waals surface area contributed by atoms with Gasteiger partial charge in [-0.15, -0.1) is 0 Å². The maximum absolute atomic E-state index is 12.6. The van der Waals surface area contributed by atoms with Gasteiger partial charge in [-0.25, -0.2) is 4.90 Å². The molecule has 4 amide bonds. The standard InChI is InChI=1S/C18H22N2O4/c19-17(23)13-9-11-14(12-10-13)18(24)20-15(21)7-5-3-1-2-4-6-8-16(20)22/h9-12H,1-8H2,(H2,19,23). The van der Waals surface area contributed by atoms with E-state index in [0.29, 0.717) is 12.8 Å². The lowest BCUT2D eigenvalue weighted by Gasteiger charge is -2.19. The summed E-state index contributed by atoms with van der Waals surface area (Å²) in [6, 6.07) is 5.65. The van der Waals surface area contributed by atoms with Gasteiger partial charge in [-0.1, -0.05) is 25.7 Å². The van der Waals surface area contributed by atoms with Crippen LogP contribution in [0.25, 0.3) is 0 Å². The molecule has 1 aliphatic heterocycles. The van der Waals surface area contributed by atoms with Crippen molar-refractivity contribution in [2.45, 2.75) is 51.4 Å². The van der Waals surface area contributed by atoms with Gasteiger partial charge >= 0.3 is 0 Å². The number of nitrogens with two attached hydrogens (primary N) is 1. The number of primary amides is 1. The first-order valence-corrected chi connectivity index (χ1v) is 8.30. The van der Waals surface area contributed by atoms with Crippen molar-refractivity contribution >= 4 is 23.6 Å². The predicted molar refractivity (Wildman–Crippen MR) is 88.1 cm³/mol. The Bertz CT molecular complexity index is 615. The number of benzene rings is 1. The summed E-state index contributed by atoms with van der Waals surface area (Å²) in [5.74, 6) is -2.14. The van der Waals surface area contributed by atoms with E-state index < -0.39 is 23.6 Å². The molecule has 1 aromatic rings. The van der Waals surface area contributed by atoms with E-state index in [-0.39, 0.29) is 24.0 Å². The van der Waals surface area contributed by atoms with Crippen LogP contribution in [-0.4, -0.2) is 28.5 Å². The van der Waals surface area contributed by atoms with Crippen LogP contribution < -0.4 is 5.73 Å². The van der Waals surface area contributed by atoms with Crippen molar-refractivity contribution < 1.29 is 19.2 Å². The van der Waals surface area contributed by atoms with Crippen molar-refractivity contribution in [2.24, 2.45) is 5.73 Å². The van der Waals surface area contributed by atoms with Crippen molar-refractivity contribution in [3.05, 3.63) is 35.4 Å². The highest BCUT2D eigenvalue weighted by atomic mass is 16.2. The fourth-order valence-corrected chi connectivity index (χ4v) is 2.75. The summed E-state index contributed by atoms with van der Waals surface area (Å²) in [5.41, 5.74) is 5.63. The first-order chi connectivity index (χ1) is 11.5. The van der Waals surface area contributed by atoms with Gasteiger partial charge in [0.05, 0.1) is 0 Å². The van der Waals surface area contributed by atoms with Gasteiger partial charge in [0.2, 0.25) is 17.7 Å². The predicted octanol–water partition coefficient (Wildman–Crippen LogP) is 2.42. The molecular weight excluding hydrogens is 308 g/mol. The average Bonchev–Trinajstić information content (AvgIpc) is 2.60. The highest BCUT2D eigenvalue weighted by molar-refractivity contribution is 6.16. The van der Waals surface area contributed by atoms with Crippen LogP contribution in [0.2, 0.25) is 0 Å². The van der Waals surface area contributed by atoms with Crippen LogP contribution in [0.1, 0.15) is 72.1 Å². The van der Waals surface area contributed by atoms with Crippen molar-refractivity contribution in [3.8, 4) is 0 Å². The molecule has 1 heterocycles. The summed E-state index contributed by atoms with van der Waals surface area (Å²) in [5, 5.41) is 0. The van der Waals surface area contributed by atoms with Crippen LogP contribution in [0.3, 0.4) is 0 Å². The lowest BCUT2D eigenvalue weighted by Crippen LogP contribution is -2.41. The molecule has 2 N–H and O–H groups in total. The average molecular weight is 330 g/mol. The summed E-state index contributed by atoms with van der Waals surface area (Å²) in [4.78, 5) is 49.2. The smallest absolute Gasteiger partial charge is 0.267 e. The van der Waals surface area contributed by atoms with Crippen LogP contribution in [0.5, 0.6) is 0 Å². The lowest BCUT2D eigenvalue weighted by molar-refractivity contribution is -0.141. The molecule has 1 aliphatic rings. The molecule has 0 radical (unpaired) electrons. The van der Waals surface area contributed by atoms with Crippen LogP contribution >= 0.6 is 0 Å². The van der Waals surface area contributed by atoms with Crippen molar-refractivity contribution in [3.63, 3.8) is 0 Å². The lowest BCUT2D eigenvalue weighted by atomic mass is 10.1. The van der Waals surface area contributed by atoms with Gasteiger partial charge in [0.15, 0.2) is 0 Å². The zero-order valence-electron chi connectivity index (χ0n) is 13.6. The molecule has 6 nitrogen and oxygen atoms in total. The van der Waals surface area contributed by atoms with E-state index >= 15 is 0 Å². The Kier molecular flexibility index (Phi) is 6.23. The van der Waals surface area contributed by atoms with Gasteiger partial charge in [-0.3, -0.25) is 19.2 Å². The number of nitrogens with zero attached hydrogens (tertiary/aromatic N) is 1. The SMILES string of the molecule is NC(=O)c1ccc(C(=O)N2C(=O)CCCCCCCCC2=O)cc1. The third-order valence-electron chi connectivity index (χ3n) is 4.15. The van der Waals surface area contributed by atoms with Crippen molar-refractivity contribution in [2.75, 3.05) is 0 Å². The minimum absolute atomic E-state index is 0.191. The molecule has 0 atom stereocenters. The fourth-order valence-electron chi connectivity index (χ4n) is 2.75. The number of carbonyl (C=O) groups is 4. The Morgan fingerprint density at radius 1 is 0.750 bits per heavy atom. The van der Waals surface area contributed by atoms with Crippen LogP contribution in [0.15, 0.2) is 24.3 Å². The Hall–Kier alpha value is -2.50. The summed E-state index contributed by atoms with van der Waals surface area (Å²) in [7, 11) is 0. The van der Waals surface area contributed by atoms with E-state index in [9.17, 15) is 19.2 Å². The van der Waals surface area contributed by atoms with Crippen LogP contribution in [0.4, 0.5) is 0 Å². The molecular formula is C18H22N2O4. The molecule has 0 unspecified atom stereocenters. The minimum Gasteiger partial charge on any atom is -0.366 e. The number of hydrogen-bond donors (Lipinski definition) is 1. The zero-order chi connectivity index (χ0) is 17.5. The molecule has 1 fully saturated rings. The van der Waals surface area contributed by atoms with E-state index in [1.54, 1.807) is 0 Å². The first-order valence-electron chi connectivity index (χ1n) is 8.30. The Labute approximate surface area is 141 Å². The van der Waals surface area contributed by atoms with Gasteiger partial charge in [0, 0.05) is 24.0 Å².